The largest absolute Gasteiger partial charge is 0.324 e. The number of aryl methyl sites for hydroxylation is 1. The summed E-state index contributed by atoms with van der Waals surface area (Å²) in [4.78, 5) is 4.84. The Kier molecular flexibility index (Phi) is 4.38. The van der Waals surface area contributed by atoms with E-state index in [0.29, 0.717) is 6.04 Å². The standard InChI is InChI=1S/C15H25N3/c1-12-6-4-5-7-14(12)15(16)10-13-11-17(2)8-9-18(13)3/h4-7,13,15H,8-11,16H2,1-3H3. The quantitative estimate of drug-likeness (QED) is 0.881. The van der Waals surface area contributed by atoms with Crippen molar-refractivity contribution in [2.75, 3.05) is 33.7 Å². The number of hydrogen-bond acceptors (Lipinski definition) is 3. The highest BCUT2D eigenvalue weighted by Gasteiger charge is 2.24. The van der Waals surface area contributed by atoms with Crippen molar-refractivity contribution < 1.29 is 0 Å². The molecule has 100 valence electrons. The van der Waals surface area contributed by atoms with Gasteiger partial charge in [-0.25, -0.2) is 0 Å². The van der Waals surface area contributed by atoms with Crippen molar-refractivity contribution in [1.82, 2.24) is 9.80 Å². The van der Waals surface area contributed by atoms with Crippen molar-refractivity contribution in [3.8, 4) is 0 Å². The Balaban J connectivity index is 2.02. The third-order valence-corrected chi connectivity index (χ3v) is 4.09. The van der Waals surface area contributed by atoms with Gasteiger partial charge in [0.05, 0.1) is 0 Å². The van der Waals surface area contributed by atoms with Gasteiger partial charge in [0.2, 0.25) is 0 Å². The van der Waals surface area contributed by atoms with Crippen molar-refractivity contribution in [3.63, 3.8) is 0 Å². The first-order valence-electron chi connectivity index (χ1n) is 6.78. The van der Waals surface area contributed by atoms with Crippen LogP contribution in [0.3, 0.4) is 0 Å². The minimum atomic E-state index is 0.144. The highest BCUT2D eigenvalue weighted by molar-refractivity contribution is 5.28. The molecule has 1 aromatic rings. The zero-order valence-electron chi connectivity index (χ0n) is 11.8. The number of rotatable bonds is 3. The molecule has 1 aliphatic heterocycles. The van der Waals surface area contributed by atoms with Crippen LogP contribution >= 0.6 is 0 Å². The fourth-order valence-electron chi connectivity index (χ4n) is 2.78. The summed E-state index contributed by atoms with van der Waals surface area (Å²) < 4.78 is 0. The normalized spacial score (nSPS) is 24.1. The summed E-state index contributed by atoms with van der Waals surface area (Å²) in [5.74, 6) is 0. The van der Waals surface area contributed by atoms with Gasteiger partial charge in [-0.3, -0.25) is 0 Å². The first kappa shape index (κ1) is 13.5. The average Bonchev–Trinajstić information content (AvgIpc) is 2.34. The van der Waals surface area contributed by atoms with Gasteiger partial charge in [0.15, 0.2) is 0 Å². The van der Waals surface area contributed by atoms with E-state index in [0.717, 1.165) is 26.1 Å². The minimum Gasteiger partial charge on any atom is -0.324 e. The van der Waals surface area contributed by atoms with Crippen molar-refractivity contribution in [1.29, 1.82) is 0 Å². The summed E-state index contributed by atoms with van der Waals surface area (Å²) in [6, 6.07) is 9.17. The van der Waals surface area contributed by atoms with Crippen molar-refractivity contribution in [2.24, 2.45) is 5.73 Å². The van der Waals surface area contributed by atoms with E-state index in [9.17, 15) is 0 Å². The molecule has 0 aromatic heterocycles. The van der Waals surface area contributed by atoms with Crippen LogP contribution in [-0.4, -0.2) is 49.6 Å². The maximum Gasteiger partial charge on any atom is 0.0312 e. The molecule has 3 nitrogen and oxygen atoms in total. The molecule has 2 atom stereocenters. The third-order valence-electron chi connectivity index (χ3n) is 4.09. The number of benzene rings is 1. The molecule has 0 spiro atoms. The fraction of sp³-hybridized carbons (Fsp3) is 0.600. The molecule has 0 amide bonds. The van der Waals surface area contributed by atoms with Gasteiger partial charge in [-0.05, 0) is 38.6 Å². The monoisotopic (exact) mass is 247 g/mol. The van der Waals surface area contributed by atoms with Gasteiger partial charge in [-0.2, -0.15) is 0 Å². The van der Waals surface area contributed by atoms with Crippen molar-refractivity contribution >= 4 is 0 Å². The predicted octanol–water partition coefficient (Wildman–Crippen LogP) is 1.63. The van der Waals surface area contributed by atoms with Crippen LogP contribution in [0.1, 0.15) is 23.6 Å². The maximum atomic E-state index is 6.39. The second-order valence-electron chi connectivity index (χ2n) is 5.60. The lowest BCUT2D eigenvalue weighted by atomic mass is 9.95. The number of hydrogen-bond donors (Lipinski definition) is 1. The van der Waals surface area contributed by atoms with E-state index in [4.69, 9.17) is 5.73 Å². The molecule has 0 bridgehead atoms. The molecule has 3 heteroatoms. The lowest BCUT2D eigenvalue weighted by Gasteiger charge is -2.39. The van der Waals surface area contributed by atoms with E-state index in [-0.39, 0.29) is 6.04 Å². The lowest BCUT2D eigenvalue weighted by molar-refractivity contribution is 0.104. The molecular weight excluding hydrogens is 222 g/mol. The SMILES string of the molecule is Cc1ccccc1C(N)CC1CN(C)CCN1C. The molecule has 2 rings (SSSR count). The highest BCUT2D eigenvalue weighted by Crippen LogP contribution is 2.22. The van der Waals surface area contributed by atoms with E-state index in [1.165, 1.54) is 11.1 Å². The van der Waals surface area contributed by atoms with Crippen LogP contribution in [0, 0.1) is 6.92 Å². The Morgan fingerprint density at radius 3 is 2.72 bits per heavy atom. The predicted molar refractivity (Wildman–Crippen MR) is 76.6 cm³/mol. The highest BCUT2D eigenvalue weighted by atomic mass is 15.3. The van der Waals surface area contributed by atoms with E-state index in [1.54, 1.807) is 0 Å². The summed E-state index contributed by atoms with van der Waals surface area (Å²) in [6.07, 6.45) is 1.03. The molecule has 1 fully saturated rings. The summed E-state index contributed by atoms with van der Waals surface area (Å²) >= 11 is 0. The molecule has 1 saturated heterocycles. The van der Waals surface area contributed by atoms with Gasteiger partial charge in [-0.1, -0.05) is 24.3 Å². The molecule has 1 heterocycles. The Hall–Kier alpha value is -0.900. The fourth-order valence-corrected chi connectivity index (χ4v) is 2.78. The second-order valence-corrected chi connectivity index (χ2v) is 5.60. The molecule has 0 aliphatic carbocycles. The number of piperazine rings is 1. The van der Waals surface area contributed by atoms with Gasteiger partial charge in [0.1, 0.15) is 0 Å². The van der Waals surface area contributed by atoms with Crippen molar-refractivity contribution in [2.45, 2.75) is 25.4 Å². The molecule has 2 N–H and O–H groups in total. The van der Waals surface area contributed by atoms with Crippen LogP contribution in [0.5, 0.6) is 0 Å². The van der Waals surface area contributed by atoms with Crippen LogP contribution < -0.4 is 5.73 Å². The zero-order valence-corrected chi connectivity index (χ0v) is 11.8. The maximum absolute atomic E-state index is 6.39. The topological polar surface area (TPSA) is 32.5 Å². The van der Waals surface area contributed by atoms with Gasteiger partial charge in [0.25, 0.3) is 0 Å². The van der Waals surface area contributed by atoms with Crippen LogP contribution in [0.15, 0.2) is 24.3 Å². The van der Waals surface area contributed by atoms with Crippen LogP contribution in [0.4, 0.5) is 0 Å². The second kappa shape index (κ2) is 5.83. The Morgan fingerprint density at radius 2 is 2.00 bits per heavy atom. The summed E-state index contributed by atoms with van der Waals surface area (Å²) in [7, 11) is 4.40. The molecule has 0 saturated carbocycles. The summed E-state index contributed by atoms with van der Waals surface area (Å²) in [5, 5.41) is 0. The Bertz CT molecular complexity index is 391. The average molecular weight is 247 g/mol. The van der Waals surface area contributed by atoms with E-state index < -0.39 is 0 Å². The molecule has 1 aliphatic rings. The van der Waals surface area contributed by atoms with E-state index in [2.05, 4.69) is 55.1 Å². The number of nitrogens with two attached hydrogens (primary N) is 1. The first-order chi connectivity index (χ1) is 8.58. The number of likely N-dealkylation sites (N-methyl/N-ethyl adjacent to an activating group) is 2. The molecule has 2 unspecified atom stereocenters. The Morgan fingerprint density at radius 1 is 1.28 bits per heavy atom. The summed E-state index contributed by atoms with van der Waals surface area (Å²) in [6.45, 7) is 5.57. The smallest absolute Gasteiger partial charge is 0.0312 e. The van der Waals surface area contributed by atoms with E-state index in [1.807, 2.05) is 0 Å². The first-order valence-corrected chi connectivity index (χ1v) is 6.78. The Labute approximate surface area is 111 Å². The van der Waals surface area contributed by atoms with Gasteiger partial charge in [0, 0.05) is 31.7 Å². The van der Waals surface area contributed by atoms with Crippen molar-refractivity contribution in [3.05, 3.63) is 35.4 Å². The molecule has 0 radical (unpaired) electrons. The minimum absolute atomic E-state index is 0.144. The van der Waals surface area contributed by atoms with Gasteiger partial charge in [-0.15, -0.1) is 0 Å². The van der Waals surface area contributed by atoms with E-state index >= 15 is 0 Å². The van der Waals surface area contributed by atoms with Gasteiger partial charge >= 0.3 is 0 Å². The number of nitrogens with zero attached hydrogens (tertiary/aromatic N) is 2. The molecular formula is C15H25N3. The third kappa shape index (κ3) is 3.10. The molecule has 1 aromatic carbocycles. The van der Waals surface area contributed by atoms with Crippen LogP contribution in [-0.2, 0) is 0 Å². The van der Waals surface area contributed by atoms with Gasteiger partial charge < -0.3 is 15.5 Å². The zero-order chi connectivity index (χ0) is 13.1. The lowest BCUT2D eigenvalue weighted by Crippen LogP contribution is -2.50. The summed E-state index contributed by atoms with van der Waals surface area (Å²) in [5.41, 5.74) is 8.98. The molecule has 18 heavy (non-hydrogen) atoms. The van der Waals surface area contributed by atoms with Crippen LogP contribution in [0.25, 0.3) is 0 Å². The van der Waals surface area contributed by atoms with Crippen LogP contribution in [0.2, 0.25) is 0 Å².